The number of ether oxygens (including phenoxy) is 3. The van der Waals surface area contributed by atoms with Crippen LogP contribution in [-0.4, -0.2) is 25.3 Å². The first-order valence-electron chi connectivity index (χ1n) is 7.50. The third-order valence-electron chi connectivity index (χ3n) is 3.33. The van der Waals surface area contributed by atoms with E-state index in [9.17, 15) is 9.59 Å². The van der Waals surface area contributed by atoms with Gasteiger partial charge in [-0.1, -0.05) is 23.2 Å². The van der Waals surface area contributed by atoms with Gasteiger partial charge in [0.25, 0.3) is 5.91 Å². The quantitative estimate of drug-likeness (QED) is 0.615. The van der Waals surface area contributed by atoms with Crippen LogP contribution in [0.3, 0.4) is 0 Å². The summed E-state index contributed by atoms with van der Waals surface area (Å²) in [6.45, 7) is -0.305. The molecule has 0 fully saturated rings. The van der Waals surface area contributed by atoms with Crippen molar-refractivity contribution in [3.05, 3.63) is 58.1 Å². The Labute approximate surface area is 159 Å². The summed E-state index contributed by atoms with van der Waals surface area (Å²) in [6.07, 6.45) is 2.71. The van der Waals surface area contributed by atoms with Crippen LogP contribution in [0.4, 0.5) is 5.69 Å². The number of hydrogen-bond donors (Lipinski definition) is 1. The van der Waals surface area contributed by atoms with Crippen LogP contribution in [0, 0.1) is 0 Å². The molecule has 1 N–H and O–H groups in total. The highest BCUT2D eigenvalue weighted by atomic mass is 35.5. The molecule has 0 radical (unpaired) electrons. The van der Waals surface area contributed by atoms with Crippen LogP contribution in [0.5, 0.6) is 11.5 Å². The molecule has 0 bridgehead atoms. The number of hydrogen-bond acceptors (Lipinski definition) is 5. The van der Waals surface area contributed by atoms with Crippen LogP contribution in [0.25, 0.3) is 6.08 Å². The standard InChI is InChI=1S/C18H13Cl2NO5/c19-12-2-4-13(5-3-12)21-16(22)9-24-17(23)6-1-11-7-14(20)18-15(8-11)25-10-26-18/h1-8H,9-10H2,(H,21,22)/b6-1+. The van der Waals surface area contributed by atoms with Gasteiger partial charge < -0.3 is 19.5 Å². The molecular weight excluding hydrogens is 381 g/mol. The van der Waals surface area contributed by atoms with Gasteiger partial charge in [-0.05, 0) is 48.0 Å². The second-order valence-electron chi connectivity index (χ2n) is 5.23. The molecule has 0 spiro atoms. The van der Waals surface area contributed by atoms with Crippen LogP contribution in [-0.2, 0) is 14.3 Å². The number of anilines is 1. The molecule has 2 aromatic carbocycles. The van der Waals surface area contributed by atoms with Gasteiger partial charge in [0.05, 0.1) is 5.02 Å². The normalized spacial score (nSPS) is 12.2. The molecule has 0 aliphatic carbocycles. The van der Waals surface area contributed by atoms with Crippen molar-refractivity contribution in [2.75, 3.05) is 18.7 Å². The molecule has 6 nitrogen and oxygen atoms in total. The average Bonchev–Trinajstić information content (AvgIpc) is 3.09. The van der Waals surface area contributed by atoms with E-state index in [2.05, 4.69) is 5.32 Å². The Morgan fingerprint density at radius 1 is 1.15 bits per heavy atom. The van der Waals surface area contributed by atoms with E-state index >= 15 is 0 Å². The van der Waals surface area contributed by atoms with Gasteiger partial charge in [-0.2, -0.15) is 0 Å². The summed E-state index contributed by atoms with van der Waals surface area (Å²) in [5.74, 6) is -0.136. The van der Waals surface area contributed by atoms with Gasteiger partial charge in [-0.3, -0.25) is 4.79 Å². The van der Waals surface area contributed by atoms with Crippen molar-refractivity contribution in [3.8, 4) is 11.5 Å². The predicted octanol–water partition coefficient (Wildman–Crippen LogP) is 3.92. The number of nitrogens with one attached hydrogen (secondary N) is 1. The number of carbonyl (C=O) groups excluding carboxylic acids is 2. The minimum atomic E-state index is -0.662. The number of fused-ring (bicyclic) bond motifs is 1. The fourth-order valence-corrected chi connectivity index (χ4v) is 2.56. The number of esters is 1. The smallest absolute Gasteiger partial charge is 0.331 e. The molecule has 3 rings (SSSR count). The summed E-state index contributed by atoms with van der Waals surface area (Å²) in [5.41, 5.74) is 1.20. The largest absolute Gasteiger partial charge is 0.454 e. The zero-order valence-corrected chi connectivity index (χ0v) is 14.8. The molecule has 2 aromatic rings. The lowest BCUT2D eigenvalue weighted by molar-refractivity contribution is -0.142. The van der Waals surface area contributed by atoms with Crippen molar-refractivity contribution in [2.45, 2.75) is 0 Å². The van der Waals surface area contributed by atoms with E-state index in [1.165, 1.54) is 12.2 Å². The van der Waals surface area contributed by atoms with Crippen molar-refractivity contribution in [1.82, 2.24) is 0 Å². The summed E-state index contributed by atoms with van der Waals surface area (Å²) < 4.78 is 15.4. The maximum absolute atomic E-state index is 11.8. The maximum atomic E-state index is 11.8. The molecular formula is C18H13Cl2NO5. The van der Waals surface area contributed by atoms with Crippen molar-refractivity contribution in [1.29, 1.82) is 0 Å². The second kappa shape index (κ2) is 8.12. The summed E-state index contributed by atoms with van der Waals surface area (Å²) in [6, 6.07) is 9.89. The molecule has 1 aliphatic rings. The van der Waals surface area contributed by atoms with Gasteiger partial charge in [-0.15, -0.1) is 0 Å². The fraction of sp³-hybridized carbons (Fsp3) is 0.111. The van der Waals surface area contributed by atoms with Gasteiger partial charge in [0.1, 0.15) is 0 Å². The van der Waals surface area contributed by atoms with Crippen molar-refractivity contribution in [3.63, 3.8) is 0 Å². The Kier molecular flexibility index (Phi) is 5.65. The van der Waals surface area contributed by atoms with E-state index in [1.807, 2.05) is 0 Å². The van der Waals surface area contributed by atoms with Crippen LogP contribution >= 0.6 is 23.2 Å². The zero-order chi connectivity index (χ0) is 18.5. The minimum absolute atomic E-state index is 0.104. The van der Waals surface area contributed by atoms with Gasteiger partial charge in [0.15, 0.2) is 18.1 Å². The minimum Gasteiger partial charge on any atom is -0.454 e. The lowest BCUT2D eigenvalue weighted by atomic mass is 10.2. The van der Waals surface area contributed by atoms with Crippen molar-refractivity contribution < 1.29 is 23.8 Å². The molecule has 1 amide bonds. The maximum Gasteiger partial charge on any atom is 0.331 e. The SMILES string of the molecule is O=C(COC(=O)/C=C/c1cc(Cl)c2c(c1)OCO2)Nc1ccc(Cl)cc1. The monoisotopic (exact) mass is 393 g/mol. The first kappa shape index (κ1) is 18.1. The van der Waals surface area contributed by atoms with Crippen LogP contribution in [0.15, 0.2) is 42.5 Å². The second-order valence-corrected chi connectivity index (χ2v) is 6.08. The Hall–Kier alpha value is -2.70. The van der Waals surface area contributed by atoms with E-state index in [0.717, 1.165) is 0 Å². The number of halogens is 2. The molecule has 0 atom stereocenters. The van der Waals surface area contributed by atoms with Gasteiger partial charge >= 0.3 is 5.97 Å². The fourth-order valence-electron chi connectivity index (χ4n) is 2.16. The van der Waals surface area contributed by atoms with Crippen molar-refractivity contribution >= 4 is 46.8 Å². The molecule has 8 heteroatoms. The summed E-state index contributed by atoms with van der Waals surface area (Å²) in [7, 11) is 0. The highest BCUT2D eigenvalue weighted by Gasteiger charge is 2.17. The molecule has 26 heavy (non-hydrogen) atoms. The summed E-state index contributed by atoms with van der Waals surface area (Å²) in [5, 5.41) is 3.53. The van der Waals surface area contributed by atoms with E-state index in [-0.39, 0.29) is 6.79 Å². The van der Waals surface area contributed by atoms with Gasteiger partial charge in [0, 0.05) is 16.8 Å². The molecule has 0 aromatic heterocycles. The van der Waals surface area contributed by atoms with Crippen LogP contribution in [0.2, 0.25) is 10.0 Å². The zero-order valence-electron chi connectivity index (χ0n) is 13.3. The van der Waals surface area contributed by atoms with Gasteiger partial charge in [-0.25, -0.2) is 4.79 Å². The molecule has 0 saturated heterocycles. The molecule has 134 valence electrons. The van der Waals surface area contributed by atoms with E-state index < -0.39 is 18.5 Å². The number of carbonyl (C=O) groups is 2. The van der Waals surface area contributed by atoms with E-state index in [4.69, 9.17) is 37.4 Å². The topological polar surface area (TPSA) is 73.9 Å². The third-order valence-corrected chi connectivity index (χ3v) is 3.87. The predicted molar refractivity (Wildman–Crippen MR) is 97.6 cm³/mol. The summed E-state index contributed by atoms with van der Waals surface area (Å²) in [4.78, 5) is 23.5. The van der Waals surface area contributed by atoms with Crippen LogP contribution in [0.1, 0.15) is 5.56 Å². The average molecular weight is 394 g/mol. The first-order chi connectivity index (χ1) is 12.5. The Morgan fingerprint density at radius 3 is 2.69 bits per heavy atom. The molecule has 0 saturated carbocycles. The molecule has 1 heterocycles. The van der Waals surface area contributed by atoms with E-state index in [0.29, 0.717) is 32.8 Å². The Bertz CT molecular complexity index is 865. The molecule has 0 unspecified atom stereocenters. The summed E-state index contributed by atoms with van der Waals surface area (Å²) >= 11 is 11.8. The highest BCUT2D eigenvalue weighted by Crippen LogP contribution is 2.40. The lowest BCUT2D eigenvalue weighted by Gasteiger charge is -2.05. The van der Waals surface area contributed by atoms with Crippen LogP contribution < -0.4 is 14.8 Å². The van der Waals surface area contributed by atoms with Crippen molar-refractivity contribution in [2.24, 2.45) is 0 Å². The number of rotatable bonds is 5. The first-order valence-corrected chi connectivity index (χ1v) is 8.26. The Balaban J connectivity index is 1.51. The van der Waals surface area contributed by atoms with Gasteiger partial charge in [0.2, 0.25) is 6.79 Å². The number of amides is 1. The third kappa shape index (κ3) is 4.68. The van der Waals surface area contributed by atoms with E-state index in [1.54, 1.807) is 36.4 Å². The molecule has 1 aliphatic heterocycles. The lowest BCUT2D eigenvalue weighted by Crippen LogP contribution is -2.20. The Morgan fingerprint density at radius 2 is 1.92 bits per heavy atom. The number of benzene rings is 2. The highest BCUT2D eigenvalue weighted by molar-refractivity contribution is 6.32.